The number of halogens is 4. The summed E-state index contributed by atoms with van der Waals surface area (Å²) in [5.74, 6) is 0. The van der Waals surface area contributed by atoms with E-state index >= 15 is 0 Å². The second kappa shape index (κ2) is 6.85. The number of methoxy groups -OCH3 is 1. The fourth-order valence-electron chi connectivity index (χ4n) is 1.51. The molecule has 1 aromatic carbocycles. The average Bonchev–Trinajstić information content (AvgIpc) is 2.28. The summed E-state index contributed by atoms with van der Waals surface area (Å²) in [6, 6.07) is 5.38. The van der Waals surface area contributed by atoms with Gasteiger partial charge in [-0.25, -0.2) is 0 Å². The Morgan fingerprint density at radius 1 is 1.33 bits per heavy atom. The van der Waals surface area contributed by atoms with Crippen molar-refractivity contribution in [1.29, 1.82) is 0 Å². The summed E-state index contributed by atoms with van der Waals surface area (Å²) in [7, 11) is 1.53. The first-order valence-electron chi connectivity index (χ1n) is 5.48. The van der Waals surface area contributed by atoms with Crippen LogP contribution in [0.3, 0.4) is 0 Å². The Labute approximate surface area is 109 Å². The highest BCUT2D eigenvalue weighted by Gasteiger charge is 2.32. The standard InChI is InChI=1S/C12H15ClF3NO/c1-18-8-9(13)6-7-17-11-5-3-2-4-10(11)12(14,15)16/h2-5,9,17H,6-8H2,1H3. The number of benzene rings is 1. The van der Waals surface area contributed by atoms with E-state index in [-0.39, 0.29) is 11.1 Å². The number of rotatable bonds is 6. The minimum atomic E-state index is -4.35. The highest BCUT2D eigenvalue weighted by molar-refractivity contribution is 6.20. The number of hydrogen-bond acceptors (Lipinski definition) is 2. The SMILES string of the molecule is COCC(Cl)CCNc1ccccc1C(F)(F)F. The molecular weight excluding hydrogens is 267 g/mol. The van der Waals surface area contributed by atoms with Crippen LogP contribution in [0.1, 0.15) is 12.0 Å². The molecule has 102 valence electrons. The fraction of sp³-hybridized carbons (Fsp3) is 0.500. The van der Waals surface area contributed by atoms with Gasteiger partial charge in [-0.2, -0.15) is 13.2 Å². The zero-order valence-electron chi connectivity index (χ0n) is 9.93. The molecular formula is C12H15ClF3NO. The highest BCUT2D eigenvalue weighted by Crippen LogP contribution is 2.34. The Bertz CT molecular complexity index is 371. The lowest BCUT2D eigenvalue weighted by Crippen LogP contribution is -2.16. The summed E-state index contributed by atoms with van der Waals surface area (Å²) in [5, 5.41) is 2.54. The molecule has 0 radical (unpaired) electrons. The highest BCUT2D eigenvalue weighted by atomic mass is 35.5. The van der Waals surface area contributed by atoms with Gasteiger partial charge < -0.3 is 10.1 Å². The maximum absolute atomic E-state index is 12.7. The first-order chi connectivity index (χ1) is 8.45. The van der Waals surface area contributed by atoms with Crippen LogP contribution in [0, 0.1) is 0 Å². The molecule has 6 heteroatoms. The third-order valence-electron chi connectivity index (χ3n) is 2.35. The molecule has 0 aliphatic carbocycles. The number of para-hydroxylation sites is 1. The third-order valence-corrected chi connectivity index (χ3v) is 2.70. The monoisotopic (exact) mass is 281 g/mol. The molecule has 0 aromatic heterocycles. The van der Waals surface area contributed by atoms with Crippen LogP contribution >= 0.6 is 11.6 Å². The van der Waals surface area contributed by atoms with Crippen molar-refractivity contribution in [2.45, 2.75) is 18.0 Å². The molecule has 1 aromatic rings. The Kier molecular flexibility index (Phi) is 5.75. The van der Waals surface area contributed by atoms with Gasteiger partial charge in [0, 0.05) is 19.3 Å². The lowest BCUT2D eigenvalue weighted by atomic mass is 10.1. The molecule has 0 amide bonds. The maximum atomic E-state index is 12.7. The molecule has 0 saturated heterocycles. The van der Waals surface area contributed by atoms with Crippen LogP contribution in [0.25, 0.3) is 0 Å². The Morgan fingerprint density at radius 3 is 2.61 bits per heavy atom. The van der Waals surface area contributed by atoms with Crippen molar-refractivity contribution in [1.82, 2.24) is 0 Å². The van der Waals surface area contributed by atoms with Gasteiger partial charge in [-0.1, -0.05) is 12.1 Å². The van der Waals surface area contributed by atoms with Gasteiger partial charge in [0.1, 0.15) is 0 Å². The fourth-order valence-corrected chi connectivity index (χ4v) is 1.75. The number of anilines is 1. The zero-order valence-corrected chi connectivity index (χ0v) is 10.7. The van der Waals surface area contributed by atoms with Crippen LogP contribution in [0.4, 0.5) is 18.9 Å². The van der Waals surface area contributed by atoms with E-state index in [2.05, 4.69) is 5.32 Å². The van der Waals surface area contributed by atoms with Crippen molar-refractivity contribution in [3.63, 3.8) is 0 Å². The van der Waals surface area contributed by atoms with E-state index in [0.29, 0.717) is 19.6 Å². The van der Waals surface area contributed by atoms with Gasteiger partial charge in [0.05, 0.1) is 17.5 Å². The topological polar surface area (TPSA) is 21.3 Å². The van der Waals surface area contributed by atoms with Crippen molar-refractivity contribution in [2.75, 3.05) is 25.6 Å². The van der Waals surface area contributed by atoms with Crippen LogP contribution in [0.15, 0.2) is 24.3 Å². The minimum absolute atomic E-state index is 0.0753. The molecule has 0 bridgehead atoms. The van der Waals surface area contributed by atoms with E-state index in [1.807, 2.05) is 0 Å². The zero-order chi connectivity index (χ0) is 13.6. The molecule has 1 unspecified atom stereocenters. The van der Waals surface area contributed by atoms with Crippen LogP contribution in [-0.4, -0.2) is 25.6 Å². The second-order valence-electron chi connectivity index (χ2n) is 3.81. The number of ether oxygens (including phenoxy) is 1. The number of hydrogen-bond donors (Lipinski definition) is 1. The molecule has 2 nitrogen and oxygen atoms in total. The predicted octanol–water partition coefficient (Wildman–Crippen LogP) is 3.76. The largest absolute Gasteiger partial charge is 0.418 e. The van der Waals surface area contributed by atoms with Gasteiger partial charge in [-0.15, -0.1) is 11.6 Å². The normalized spacial score (nSPS) is 13.4. The van der Waals surface area contributed by atoms with Crippen LogP contribution < -0.4 is 5.32 Å². The van der Waals surface area contributed by atoms with Crippen molar-refractivity contribution < 1.29 is 17.9 Å². The summed E-state index contributed by atoms with van der Waals surface area (Å²) in [6.45, 7) is 0.745. The summed E-state index contributed by atoms with van der Waals surface area (Å²) in [6.07, 6.45) is -3.82. The second-order valence-corrected chi connectivity index (χ2v) is 4.43. The molecule has 1 atom stereocenters. The Balaban J connectivity index is 2.57. The molecule has 1 rings (SSSR count). The van der Waals surface area contributed by atoms with Crippen LogP contribution in [0.5, 0.6) is 0 Å². The van der Waals surface area contributed by atoms with E-state index in [1.165, 1.54) is 19.2 Å². The quantitative estimate of drug-likeness (QED) is 0.802. The van der Waals surface area contributed by atoms with E-state index < -0.39 is 11.7 Å². The molecule has 18 heavy (non-hydrogen) atoms. The predicted molar refractivity (Wildman–Crippen MR) is 66.1 cm³/mol. The van der Waals surface area contributed by atoms with E-state index in [1.54, 1.807) is 6.07 Å². The van der Waals surface area contributed by atoms with Crippen LogP contribution in [-0.2, 0) is 10.9 Å². The van der Waals surface area contributed by atoms with E-state index in [0.717, 1.165) is 6.07 Å². The first-order valence-corrected chi connectivity index (χ1v) is 5.92. The number of alkyl halides is 4. The molecule has 0 aliphatic rings. The molecule has 0 fully saturated rings. The van der Waals surface area contributed by atoms with Crippen LogP contribution in [0.2, 0.25) is 0 Å². The summed E-state index contributed by atoms with van der Waals surface area (Å²) < 4.78 is 42.9. The number of nitrogens with one attached hydrogen (secondary N) is 1. The van der Waals surface area contributed by atoms with Crippen molar-refractivity contribution in [2.24, 2.45) is 0 Å². The van der Waals surface area contributed by atoms with Gasteiger partial charge in [0.15, 0.2) is 0 Å². The van der Waals surface area contributed by atoms with Gasteiger partial charge in [0.2, 0.25) is 0 Å². The Hall–Kier alpha value is -0.940. The van der Waals surface area contributed by atoms with Crippen molar-refractivity contribution >= 4 is 17.3 Å². The smallest absolute Gasteiger partial charge is 0.384 e. The van der Waals surface area contributed by atoms with Crippen molar-refractivity contribution in [3.05, 3.63) is 29.8 Å². The lowest BCUT2D eigenvalue weighted by molar-refractivity contribution is -0.136. The van der Waals surface area contributed by atoms with E-state index in [9.17, 15) is 13.2 Å². The first kappa shape index (κ1) is 15.1. The lowest BCUT2D eigenvalue weighted by Gasteiger charge is -2.15. The van der Waals surface area contributed by atoms with E-state index in [4.69, 9.17) is 16.3 Å². The van der Waals surface area contributed by atoms with Gasteiger partial charge in [0.25, 0.3) is 0 Å². The summed E-state index contributed by atoms with van der Waals surface area (Å²) in [4.78, 5) is 0. The molecule has 0 aliphatic heterocycles. The molecule has 1 N–H and O–H groups in total. The molecule has 0 heterocycles. The summed E-state index contributed by atoms with van der Waals surface area (Å²) >= 11 is 5.89. The molecule has 0 spiro atoms. The van der Waals surface area contributed by atoms with Gasteiger partial charge in [-0.05, 0) is 18.6 Å². The van der Waals surface area contributed by atoms with Gasteiger partial charge >= 0.3 is 6.18 Å². The molecule has 0 saturated carbocycles. The average molecular weight is 282 g/mol. The van der Waals surface area contributed by atoms with Crippen molar-refractivity contribution in [3.8, 4) is 0 Å². The minimum Gasteiger partial charge on any atom is -0.384 e. The third kappa shape index (κ3) is 4.74. The van der Waals surface area contributed by atoms with Gasteiger partial charge in [-0.3, -0.25) is 0 Å². The Morgan fingerprint density at radius 2 is 2.00 bits per heavy atom. The maximum Gasteiger partial charge on any atom is 0.418 e. The summed E-state index contributed by atoms with van der Waals surface area (Å²) in [5.41, 5.74) is -0.589.